The Morgan fingerprint density at radius 3 is 2.83 bits per heavy atom. The van der Waals surface area contributed by atoms with E-state index in [9.17, 15) is 9.59 Å². The molecule has 0 radical (unpaired) electrons. The van der Waals surface area contributed by atoms with Crippen LogP contribution in [-0.2, 0) is 22.4 Å². The molecule has 3 N–H and O–H groups in total. The van der Waals surface area contributed by atoms with E-state index in [1.807, 2.05) is 36.1 Å². The molecule has 2 aromatic carbocycles. The number of likely N-dealkylation sites (tertiary alicyclic amines) is 1. The molecular weight excluding hydrogens is 452 g/mol. The van der Waals surface area contributed by atoms with Gasteiger partial charge in [-0.2, -0.15) is 4.98 Å². The molecule has 1 fully saturated rings. The Kier molecular flexibility index (Phi) is 6.84. The highest BCUT2D eigenvalue weighted by molar-refractivity contribution is 5.92. The van der Waals surface area contributed by atoms with Gasteiger partial charge in [-0.05, 0) is 80.0 Å². The van der Waals surface area contributed by atoms with Crippen molar-refractivity contribution in [2.24, 2.45) is 5.92 Å². The van der Waals surface area contributed by atoms with E-state index < -0.39 is 0 Å². The lowest BCUT2D eigenvalue weighted by atomic mass is 9.94. The number of hydrogen-bond donors (Lipinski definition) is 3. The lowest BCUT2D eigenvalue weighted by Crippen LogP contribution is -2.39. The number of carbonyl (C=O) groups is 2. The molecule has 0 unspecified atom stereocenters. The molecular formula is C28H32N6O2. The number of nitrogens with one attached hydrogen (secondary N) is 3. The Morgan fingerprint density at radius 2 is 1.97 bits per heavy atom. The summed E-state index contributed by atoms with van der Waals surface area (Å²) in [5, 5.41) is 9.87. The third-order valence-corrected chi connectivity index (χ3v) is 6.92. The zero-order valence-corrected chi connectivity index (χ0v) is 20.8. The van der Waals surface area contributed by atoms with Gasteiger partial charge in [0, 0.05) is 55.3 Å². The van der Waals surface area contributed by atoms with Crippen molar-refractivity contribution in [1.82, 2.24) is 14.9 Å². The Morgan fingerprint density at radius 1 is 1.11 bits per heavy atom. The third-order valence-electron chi connectivity index (χ3n) is 6.92. The summed E-state index contributed by atoms with van der Waals surface area (Å²) in [6, 6.07) is 14.3. The summed E-state index contributed by atoms with van der Waals surface area (Å²) in [6.45, 7) is 5.01. The maximum atomic E-state index is 13.0. The number of benzene rings is 2. The number of hydrogen-bond acceptors (Lipinski definition) is 6. The Labute approximate surface area is 211 Å². The van der Waals surface area contributed by atoms with Gasteiger partial charge in [-0.3, -0.25) is 9.59 Å². The van der Waals surface area contributed by atoms with Gasteiger partial charge in [0.1, 0.15) is 5.82 Å². The molecule has 5 rings (SSSR count). The smallest absolute Gasteiger partial charge is 0.229 e. The molecule has 1 saturated heterocycles. The maximum absolute atomic E-state index is 13.0. The third kappa shape index (κ3) is 5.64. The minimum atomic E-state index is -0.00670. The molecule has 2 amide bonds. The first-order valence-corrected chi connectivity index (χ1v) is 12.6. The van der Waals surface area contributed by atoms with Crippen molar-refractivity contribution in [2.45, 2.75) is 46.0 Å². The fourth-order valence-corrected chi connectivity index (χ4v) is 4.96. The maximum Gasteiger partial charge on any atom is 0.229 e. The summed E-state index contributed by atoms with van der Waals surface area (Å²) in [7, 11) is 0. The summed E-state index contributed by atoms with van der Waals surface area (Å²) < 4.78 is 0. The van der Waals surface area contributed by atoms with Crippen molar-refractivity contribution < 1.29 is 9.59 Å². The van der Waals surface area contributed by atoms with E-state index in [0.717, 1.165) is 66.2 Å². The zero-order chi connectivity index (χ0) is 25.1. The Hall–Kier alpha value is -3.94. The van der Waals surface area contributed by atoms with Crippen molar-refractivity contribution in [3.63, 3.8) is 0 Å². The van der Waals surface area contributed by atoms with Gasteiger partial charge in [-0.1, -0.05) is 12.1 Å². The summed E-state index contributed by atoms with van der Waals surface area (Å²) in [6.07, 6.45) is 5.74. The van der Waals surface area contributed by atoms with Crippen molar-refractivity contribution in [3.05, 3.63) is 65.4 Å². The van der Waals surface area contributed by atoms with E-state index in [1.165, 1.54) is 5.56 Å². The SMILES string of the molecule is CC(=O)N1CCC[C@@H](CC(=O)Nc2ccc3cc2CCc2cccc(c2)Nc2ncc(C)c(n2)N3)C1. The van der Waals surface area contributed by atoms with Crippen LogP contribution in [0.3, 0.4) is 0 Å². The van der Waals surface area contributed by atoms with Crippen LogP contribution in [-0.4, -0.2) is 39.8 Å². The van der Waals surface area contributed by atoms with Crippen LogP contribution < -0.4 is 16.0 Å². The second kappa shape index (κ2) is 10.4. The lowest BCUT2D eigenvalue weighted by Gasteiger charge is -2.31. The summed E-state index contributed by atoms with van der Waals surface area (Å²) in [5.74, 6) is 1.54. The number of piperidine rings is 1. The fraction of sp³-hybridized carbons (Fsp3) is 0.357. The first-order chi connectivity index (χ1) is 17.4. The average molecular weight is 485 g/mol. The molecule has 186 valence electrons. The number of rotatable bonds is 3. The summed E-state index contributed by atoms with van der Waals surface area (Å²) >= 11 is 0. The minimum Gasteiger partial charge on any atom is -0.343 e. The molecule has 1 aromatic heterocycles. The molecule has 2 aliphatic heterocycles. The molecule has 2 aliphatic rings. The van der Waals surface area contributed by atoms with Crippen molar-refractivity contribution >= 4 is 40.6 Å². The molecule has 0 saturated carbocycles. The van der Waals surface area contributed by atoms with Crippen molar-refractivity contribution in [2.75, 3.05) is 29.0 Å². The first kappa shape index (κ1) is 23.8. The van der Waals surface area contributed by atoms with Crippen LogP contribution in [0.15, 0.2) is 48.7 Å². The lowest BCUT2D eigenvalue weighted by molar-refractivity contribution is -0.131. The highest BCUT2D eigenvalue weighted by Gasteiger charge is 2.24. The molecule has 3 heterocycles. The van der Waals surface area contributed by atoms with Crippen LogP contribution in [0, 0.1) is 12.8 Å². The molecule has 8 nitrogen and oxygen atoms in total. The molecule has 3 aromatic rings. The number of carbonyl (C=O) groups excluding carboxylic acids is 2. The van der Waals surface area contributed by atoms with Crippen molar-refractivity contribution in [3.8, 4) is 0 Å². The van der Waals surface area contributed by atoms with Gasteiger partial charge >= 0.3 is 0 Å². The van der Waals surface area contributed by atoms with Gasteiger partial charge in [0.05, 0.1) is 0 Å². The number of anilines is 5. The van der Waals surface area contributed by atoms with Gasteiger partial charge in [0.15, 0.2) is 0 Å². The summed E-state index contributed by atoms with van der Waals surface area (Å²) in [5.41, 5.74) is 5.87. The van der Waals surface area contributed by atoms with Crippen molar-refractivity contribution in [1.29, 1.82) is 0 Å². The second-order valence-electron chi connectivity index (χ2n) is 9.77. The van der Waals surface area contributed by atoms with Gasteiger partial charge < -0.3 is 20.9 Å². The van der Waals surface area contributed by atoms with E-state index in [2.05, 4.69) is 44.1 Å². The predicted octanol–water partition coefficient (Wildman–Crippen LogP) is 4.96. The van der Waals surface area contributed by atoms with Crippen LogP contribution in [0.1, 0.15) is 42.9 Å². The minimum absolute atomic E-state index is 0.00670. The molecule has 0 aliphatic carbocycles. The van der Waals surface area contributed by atoms with Crippen LogP contribution >= 0.6 is 0 Å². The van der Waals surface area contributed by atoms with Crippen LogP contribution in [0.4, 0.5) is 28.8 Å². The molecule has 1 atom stereocenters. The number of fused-ring (bicyclic) bond motifs is 6. The highest BCUT2D eigenvalue weighted by Crippen LogP contribution is 2.28. The first-order valence-electron chi connectivity index (χ1n) is 12.6. The van der Waals surface area contributed by atoms with Gasteiger partial charge in [0.2, 0.25) is 17.8 Å². The normalized spacial score (nSPS) is 16.9. The van der Waals surface area contributed by atoms with E-state index in [4.69, 9.17) is 0 Å². The number of aromatic nitrogens is 2. The van der Waals surface area contributed by atoms with Crippen LogP contribution in [0.2, 0.25) is 0 Å². The predicted molar refractivity (Wildman–Crippen MR) is 142 cm³/mol. The standard InChI is InChI=1S/C28H32N6O2/c1-18-16-29-28-31-23-7-3-5-20(13-23)8-9-22-15-24(30-27(18)33-28)10-11-25(22)32-26(36)14-21-6-4-12-34(17-21)19(2)35/h3,5,7,10-11,13,15-16,21H,4,6,8-9,12,14,17H2,1-2H3,(H,32,36)(H2,29,30,31,33)/t21-/m0/s1. The van der Waals surface area contributed by atoms with Crippen LogP contribution in [0.25, 0.3) is 0 Å². The van der Waals surface area contributed by atoms with E-state index >= 15 is 0 Å². The summed E-state index contributed by atoms with van der Waals surface area (Å²) in [4.78, 5) is 35.7. The largest absolute Gasteiger partial charge is 0.343 e. The number of amides is 2. The number of aryl methyl sites for hydroxylation is 3. The highest BCUT2D eigenvalue weighted by atomic mass is 16.2. The zero-order valence-electron chi connectivity index (χ0n) is 20.8. The second-order valence-corrected chi connectivity index (χ2v) is 9.77. The monoisotopic (exact) mass is 484 g/mol. The molecule has 36 heavy (non-hydrogen) atoms. The average Bonchev–Trinajstić information content (AvgIpc) is 2.86. The molecule has 0 spiro atoms. The van der Waals surface area contributed by atoms with Gasteiger partial charge in [0.25, 0.3) is 0 Å². The topological polar surface area (TPSA) is 99.3 Å². The molecule has 8 heteroatoms. The van der Waals surface area contributed by atoms with Gasteiger partial charge in [-0.15, -0.1) is 0 Å². The number of nitrogens with zero attached hydrogens (tertiary/aromatic N) is 3. The van der Waals surface area contributed by atoms with Gasteiger partial charge in [-0.25, -0.2) is 4.98 Å². The Bertz CT molecular complexity index is 1290. The van der Waals surface area contributed by atoms with E-state index in [-0.39, 0.29) is 17.7 Å². The molecule has 6 bridgehead atoms. The van der Waals surface area contributed by atoms with Crippen LogP contribution in [0.5, 0.6) is 0 Å². The van der Waals surface area contributed by atoms with E-state index in [0.29, 0.717) is 18.9 Å². The quantitative estimate of drug-likeness (QED) is 0.486. The van der Waals surface area contributed by atoms with E-state index in [1.54, 1.807) is 13.1 Å². The Balaban J connectivity index is 1.39. The fourth-order valence-electron chi connectivity index (χ4n) is 4.96.